The Kier molecular flexibility index (Phi) is 4.38. The van der Waals surface area contributed by atoms with Crippen molar-refractivity contribution in [1.29, 1.82) is 0 Å². The second-order valence-corrected chi connectivity index (χ2v) is 4.02. The van der Waals surface area contributed by atoms with E-state index in [9.17, 15) is 18.0 Å². The number of alkyl halides is 3. The molecule has 1 aliphatic carbocycles. The molecule has 1 rings (SSSR count). The van der Waals surface area contributed by atoms with Crippen LogP contribution < -0.4 is 0 Å². The molecule has 0 aromatic heterocycles. The van der Waals surface area contributed by atoms with E-state index in [-0.39, 0.29) is 5.92 Å². The van der Waals surface area contributed by atoms with Gasteiger partial charge in [0.25, 0.3) is 0 Å². The van der Waals surface area contributed by atoms with E-state index in [2.05, 4.69) is 4.74 Å². The van der Waals surface area contributed by atoms with Crippen LogP contribution in [0.2, 0.25) is 0 Å². The summed E-state index contributed by atoms with van der Waals surface area (Å²) in [6.45, 7) is 0.973. The van der Waals surface area contributed by atoms with Crippen LogP contribution in [0.5, 0.6) is 0 Å². The minimum atomic E-state index is -4.58. The van der Waals surface area contributed by atoms with Crippen LogP contribution in [0.3, 0.4) is 0 Å². The van der Waals surface area contributed by atoms with Gasteiger partial charge in [-0.25, -0.2) is 0 Å². The topological polar surface area (TPSA) is 26.3 Å². The largest absolute Gasteiger partial charge is 0.449 e. The lowest BCUT2D eigenvalue weighted by molar-refractivity contribution is -0.158. The quantitative estimate of drug-likeness (QED) is 0.541. The molecule has 16 heavy (non-hydrogen) atoms. The molecule has 0 spiro atoms. The van der Waals surface area contributed by atoms with Crippen molar-refractivity contribution in [2.75, 3.05) is 0 Å². The van der Waals surface area contributed by atoms with E-state index in [1.54, 1.807) is 0 Å². The van der Waals surface area contributed by atoms with Gasteiger partial charge < -0.3 is 4.74 Å². The zero-order valence-electron chi connectivity index (χ0n) is 9.14. The molecule has 0 heterocycles. The SMILES string of the molecule is CC(=O)O/C(=C\C1CCCCC1)C(F)(F)F. The lowest BCUT2D eigenvalue weighted by Gasteiger charge is -2.20. The van der Waals surface area contributed by atoms with Gasteiger partial charge in [0.05, 0.1) is 0 Å². The summed E-state index contributed by atoms with van der Waals surface area (Å²) in [6, 6.07) is 0. The Morgan fingerprint density at radius 3 is 2.25 bits per heavy atom. The van der Waals surface area contributed by atoms with Gasteiger partial charge in [-0.15, -0.1) is 0 Å². The molecule has 0 N–H and O–H groups in total. The Labute approximate surface area is 92.5 Å². The molecular formula is C11H15F3O2. The van der Waals surface area contributed by atoms with Crippen LogP contribution in [0.1, 0.15) is 39.0 Å². The highest BCUT2D eigenvalue weighted by Gasteiger charge is 2.37. The number of rotatable bonds is 2. The first-order valence-electron chi connectivity index (χ1n) is 5.37. The molecule has 5 heteroatoms. The number of allylic oxidation sites excluding steroid dienone is 2. The first-order valence-corrected chi connectivity index (χ1v) is 5.37. The normalized spacial score (nSPS) is 19.6. The number of carbonyl (C=O) groups is 1. The van der Waals surface area contributed by atoms with E-state index in [0.717, 1.165) is 45.1 Å². The number of hydrogen-bond acceptors (Lipinski definition) is 2. The van der Waals surface area contributed by atoms with Gasteiger partial charge in [-0.1, -0.05) is 19.3 Å². The highest BCUT2D eigenvalue weighted by Crippen LogP contribution is 2.32. The van der Waals surface area contributed by atoms with Gasteiger partial charge in [0.15, 0.2) is 0 Å². The van der Waals surface area contributed by atoms with Gasteiger partial charge in [-0.2, -0.15) is 13.2 Å². The third kappa shape index (κ3) is 4.24. The van der Waals surface area contributed by atoms with Crippen LogP contribution in [0, 0.1) is 5.92 Å². The lowest BCUT2D eigenvalue weighted by Crippen LogP contribution is -2.19. The monoisotopic (exact) mass is 236 g/mol. The maximum Gasteiger partial charge on any atom is 0.449 e. The third-order valence-electron chi connectivity index (χ3n) is 2.57. The number of esters is 1. The molecule has 0 aromatic rings. The second-order valence-electron chi connectivity index (χ2n) is 4.02. The van der Waals surface area contributed by atoms with Crippen molar-refractivity contribution in [1.82, 2.24) is 0 Å². The Hall–Kier alpha value is -1.00. The molecule has 0 aromatic carbocycles. The molecule has 0 atom stereocenters. The van der Waals surface area contributed by atoms with Gasteiger partial charge in [-0.05, 0) is 24.8 Å². The summed E-state index contributed by atoms with van der Waals surface area (Å²) in [5.74, 6) is -2.21. The molecule has 0 amide bonds. The fourth-order valence-electron chi connectivity index (χ4n) is 1.86. The van der Waals surface area contributed by atoms with Gasteiger partial charge >= 0.3 is 12.1 Å². The zero-order chi connectivity index (χ0) is 12.2. The smallest absolute Gasteiger partial charge is 0.422 e. The van der Waals surface area contributed by atoms with Gasteiger partial charge in [0, 0.05) is 6.92 Å². The van der Waals surface area contributed by atoms with Crippen molar-refractivity contribution in [3.05, 3.63) is 11.8 Å². The van der Waals surface area contributed by atoms with Gasteiger partial charge in [-0.3, -0.25) is 4.79 Å². The first kappa shape index (κ1) is 13.1. The van der Waals surface area contributed by atoms with Gasteiger partial charge in [0.1, 0.15) is 0 Å². The van der Waals surface area contributed by atoms with Crippen molar-refractivity contribution in [3.8, 4) is 0 Å². The molecule has 0 aliphatic heterocycles. The van der Waals surface area contributed by atoms with E-state index < -0.39 is 17.9 Å². The lowest BCUT2D eigenvalue weighted by atomic mass is 9.89. The summed E-state index contributed by atoms with van der Waals surface area (Å²) in [5, 5.41) is 0. The third-order valence-corrected chi connectivity index (χ3v) is 2.57. The Balaban J connectivity index is 2.73. The van der Waals surface area contributed by atoms with E-state index in [0.29, 0.717) is 0 Å². The van der Waals surface area contributed by atoms with Crippen LogP contribution in [0.15, 0.2) is 11.8 Å². The second kappa shape index (κ2) is 5.37. The first-order chi connectivity index (χ1) is 7.39. The summed E-state index contributed by atoms with van der Waals surface area (Å²) >= 11 is 0. The molecular weight excluding hydrogens is 221 g/mol. The van der Waals surface area contributed by atoms with Crippen molar-refractivity contribution < 1.29 is 22.7 Å². The minimum absolute atomic E-state index is 0.121. The Morgan fingerprint density at radius 1 is 1.25 bits per heavy atom. The predicted molar refractivity (Wildman–Crippen MR) is 52.5 cm³/mol. The molecule has 1 fully saturated rings. The van der Waals surface area contributed by atoms with Crippen LogP contribution in [-0.4, -0.2) is 12.1 Å². The van der Waals surface area contributed by atoms with Crippen molar-refractivity contribution in [2.45, 2.75) is 45.2 Å². The molecule has 1 saturated carbocycles. The highest BCUT2D eigenvalue weighted by molar-refractivity contribution is 5.67. The van der Waals surface area contributed by atoms with E-state index in [1.165, 1.54) is 0 Å². The molecule has 0 saturated heterocycles. The van der Waals surface area contributed by atoms with Crippen molar-refractivity contribution in [2.24, 2.45) is 5.92 Å². The van der Waals surface area contributed by atoms with Crippen molar-refractivity contribution >= 4 is 5.97 Å². The molecule has 1 aliphatic rings. The minimum Gasteiger partial charge on any atom is -0.422 e. The standard InChI is InChI=1S/C11H15F3O2/c1-8(15)16-10(11(12,13)14)7-9-5-3-2-4-6-9/h7,9H,2-6H2,1H3/b10-7-. The summed E-state index contributed by atoms with van der Waals surface area (Å²) < 4.78 is 41.7. The Bertz CT molecular complexity index is 275. The number of hydrogen-bond donors (Lipinski definition) is 0. The van der Waals surface area contributed by atoms with Gasteiger partial charge in [0.2, 0.25) is 5.76 Å². The van der Waals surface area contributed by atoms with Crippen LogP contribution in [-0.2, 0) is 9.53 Å². The van der Waals surface area contributed by atoms with E-state index in [4.69, 9.17) is 0 Å². The summed E-state index contributed by atoms with van der Waals surface area (Å²) in [6.07, 6.45) is 0.892. The number of carbonyl (C=O) groups excluding carboxylic acids is 1. The van der Waals surface area contributed by atoms with Crippen LogP contribution >= 0.6 is 0 Å². The fraction of sp³-hybridized carbons (Fsp3) is 0.727. The molecule has 92 valence electrons. The van der Waals surface area contributed by atoms with Crippen LogP contribution in [0.4, 0.5) is 13.2 Å². The van der Waals surface area contributed by atoms with Crippen molar-refractivity contribution in [3.63, 3.8) is 0 Å². The molecule has 2 nitrogen and oxygen atoms in total. The summed E-state index contributed by atoms with van der Waals surface area (Å²) in [7, 11) is 0. The maximum atomic E-state index is 12.5. The molecule has 0 bridgehead atoms. The average Bonchev–Trinajstić information content (AvgIpc) is 2.16. The fourth-order valence-corrected chi connectivity index (χ4v) is 1.86. The summed E-state index contributed by atoms with van der Waals surface area (Å²) in [4.78, 5) is 10.6. The van der Waals surface area contributed by atoms with Crippen LogP contribution in [0.25, 0.3) is 0 Å². The maximum absolute atomic E-state index is 12.5. The molecule has 0 unspecified atom stereocenters. The number of ether oxygens (including phenoxy) is 1. The van der Waals surface area contributed by atoms with E-state index >= 15 is 0 Å². The van der Waals surface area contributed by atoms with E-state index in [1.807, 2.05) is 0 Å². The summed E-state index contributed by atoms with van der Waals surface area (Å²) in [5.41, 5.74) is 0. The zero-order valence-corrected chi connectivity index (χ0v) is 9.14. The predicted octanol–water partition coefficient (Wildman–Crippen LogP) is 3.58. The highest BCUT2D eigenvalue weighted by atomic mass is 19.4. The Morgan fingerprint density at radius 2 is 1.81 bits per heavy atom. The molecule has 0 radical (unpaired) electrons. The average molecular weight is 236 g/mol. The number of halogens is 3.